The lowest BCUT2D eigenvalue weighted by Gasteiger charge is -2.35. The molecule has 174 valence electrons. The van der Waals surface area contributed by atoms with Gasteiger partial charge in [0.1, 0.15) is 11.5 Å². The van der Waals surface area contributed by atoms with Gasteiger partial charge in [0.15, 0.2) is 0 Å². The van der Waals surface area contributed by atoms with Crippen molar-refractivity contribution in [1.82, 2.24) is 20.0 Å². The summed E-state index contributed by atoms with van der Waals surface area (Å²) in [6.07, 6.45) is 0. The summed E-state index contributed by atoms with van der Waals surface area (Å²) in [4.78, 5) is 27.2. The Bertz CT molecular complexity index is 1550. The third-order valence-corrected chi connectivity index (χ3v) is 6.65. The van der Waals surface area contributed by atoms with Crippen LogP contribution in [0.2, 0.25) is 0 Å². The van der Waals surface area contributed by atoms with E-state index in [0.717, 1.165) is 35.7 Å². The number of hydrogen-bond acceptors (Lipinski definition) is 6. The summed E-state index contributed by atoms with van der Waals surface area (Å²) in [7, 11) is 0. The van der Waals surface area contributed by atoms with Crippen LogP contribution in [0.4, 0.5) is 5.82 Å². The predicted molar refractivity (Wildman–Crippen MR) is 137 cm³/mol. The van der Waals surface area contributed by atoms with Gasteiger partial charge in [-0.15, -0.1) is 0 Å². The van der Waals surface area contributed by atoms with Crippen LogP contribution in [-0.2, 0) is 0 Å². The van der Waals surface area contributed by atoms with Crippen molar-refractivity contribution < 1.29 is 9.32 Å². The Balaban J connectivity index is 1.28. The highest BCUT2D eigenvalue weighted by molar-refractivity contribution is 6.09. The smallest absolute Gasteiger partial charge is 0.259 e. The van der Waals surface area contributed by atoms with Crippen LogP contribution in [0.25, 0.3) is 33.3 Å². The maximum absolute atomic E-state index is 13.7. The first-order valence-corrected chi connectivity index (χ1v) is 11.8. The van der Waals surface area contributed by atoms with Crippen LogP contribution in [0.3, 0.4) is 0 Å². The van der Waals surface area contributed by atoms with Crippen molar-refractivity contribution in [2.24, 2.45) is 0 Å². The van der Waals surface area contributed by atoms with Crippen molar-refractivity contribution in [3.8, 4) is 11.3 Å². The zero-order chi connectivity index (χ0) is 23.9. The summed E-state index contributed by atoms with van der Waals surface area (Å²) < 4.78 is 5.54. The molecule has 5 aromatic rings. The van der Waals surface area contributed by atoms with E-state index >= 15 is 0 Å². The zero-order valence-electron chi connectivity index (χ0n) is 19.7. The largest absolute Gasteiger partial charge is 0.353 e. The van der Waals surface area contributed by atoms with E-state index in [1.54, 1.807) is 0 Å². The Labute approximate surface area is 203 Å². The van der Waals surface area contributed by atoms with Gasteiger partial charge in [-0.3, -0.25) is 4.79 Å². The number of carbonyl (C=O) groups is 1. The maximum atomic E-state index is 13.7. The van der Waals surface area contributed by atoms with E-state index in [4.69, 9.17) is 9.51 Å². The van der Waals surface area contributed by atoms with Gasteiger partial charge in [-0.25, -0.2) is 9.97 Å². The number of para-hydroxylation sites is 1. The molecule has 1 amide bonds. The van der Waals surface area contributed by atoms with Crippen LogP contribution in [0.1, 0.15) is 21.6 Å². The molecule has 0 atom stereocenters. The third-order valence-electron chi connectivity index (χ3n) is 6.65. The van der Waals surface area contributed by atoms with Crippen molar-refractivity contribution in [2.45, 2.75) is 13.8 Å². The number of aromatic nitrogens is 3. The van der Waals surface area contributed by atoms with E-state index in [1.807, 2.05) is 66.4 Å². The highest BCUT2D eigenvalue weighted by atomic mass is 16.5. The Morgan fingerprint density at radius 1 is 0.886 bits per heavy atom. The number of amides is 1. The summed E-state index contributed by atoms with van der Waals surface area (Å²) in [5.41, 5.74) is 5.45. The number of hydrogen-bond donors (Lipinski definition) is 0. The Morgan fingerprint density at radius 3 is 2.43 bits per heavy atom. The molecule has 0 saturated carbocycles. The van der Waals surface area contributed by atoms with Gasteiger partial charge in [-0.05, 0) is 37.6 Å². The molecular weight excluding hydrogens is 438 g/mol. The van der Waals surface area contributed by atoms with Crippen LogP contribution in [0, 0.1) is 13.8 Å². The van der Waals surface area contributed by atoms with Gasteiger partial charge >= 0.3 is 0 Å². The second kappa shape index (κ2) is 8.51. The van der Waals surface area contributed by atoms with Gasteiger partial charge in [0.2, 0.25) is 0 Å². The van der Waals surface area contributed by atoms with Gasteiger partial charge in [-0.2, -0.15) is 0 Å². The van der Waals surface area contributed by atoms with Crippen molar-refractivity contribution in [2.75, 3.05) is 31.1 Å². The highest BCUT2D eigenvalue weighted by Gasteiger charge is 2.27. The van der Waals surface area contributed by atoms with Gasteiger partial charge in [0.25, 0.3) is 11.6 Å². The van der Waals surface area contributed by atoms with Crippen LogP contribution in [0.5, 0.6) is 0 Å². The van der Waals surface area contributed by atoms with Gasteiger partial charge in [0.05, 0.1) is 16.5 Å². The predicted octanol–water partition coefficient (Wildman–Crippen LogP) is 5.02. The number of fused-ring (bicyclic) bond motifs is 2. The fraction of sp³-hybridized carbons (Fsp3) is 0.214. The molecule has 0 spiro atoms. The second-order valence-electron chi connectivity index (χ2n) is 8.98. The number of aryl methyl sites for hydroxylation is 2. The van der Waals surface area contributed by atoms with Crippen LogP contribution in [-0.4, -0.2) is 52.1 Å². The molecule has 2 aromatic carbocycles. The molecule has 7 heteroatoms. The quantitative estimate of drug-likeness (QED) is 0.374. The van der Waals surface area contributed by atoms with Crippen LogP contribution >= 0.6 is 0 Å². The molecule has 0 bridgehead atoms. The topological polar surface area (TPSA) is 75.4 Å². The first-order chi connectivity index (χ1) is 17.1. The molecule has 4 heterocycles. The van der Waals surface area contributed by atoms with Gasteiger partial charge in [-0.1, -0.05) is 53.7 Å². The minimum Gasteiger partial charge on any atom is -0.353 e. The Hall–Kier alpha value is -4.26. The summed E-state index contributed by atoms with van der Waals surface area (Å²) in [6.45, 7) is 6.65. The molecule has 1 saturated heterocycles. The maximum Gasteiger partial charge on any atom is 0.259 e. The summed E-state index contributed by atoms with van der Waals surface area (Å²) in [5.74, 6) is 0.934. The average molecular weight is 464 g/mol. The van der Waals surface area contributed by atoms with Crippen molar-refractivity contribution >= 4 is 33.7 Å². The minimum absolute atomic E-state index is 0.0248. The summed E-state index contributed by atoms with van der Waals surface area (Å²) >= 11 is 0. The lowest BCUT2D eigenvalue weighted by molar-refractivity contribution is 0.0748. The number of rotatable bonds is 3. The molecule has 1 aliphatic rings. The Morgan fingerprint density at radius 2 is 1.63 bits per heavy atom. The molecule has 1 aliphatic heterocycles. The number of benzene rings is 2. The molecule has 6 rings (SSSR count). The van der Waals surface area contributed by atoms with Crippen molar-refractivity contribution in [3.63, 3.8) is 0 Å². The van der Waals surface area contributed by atoms with E-state index < -0.39 is 0 Å². The second-order valence-corrected chi connectivity index (χ2v) is 8.98. The molecule has 7 nitrogen and oxygen atoms in total. The normalized spacial score (nSPS) is 14.1. The zero-order valence-corrected chi connectivity index (χ0v) is 19.7. The number of anilines is 1. The van der Waals surface area contributed by atoms with Crippen LogP contribution in [0.15, 0.2) is 71.3 Å². The lowest BCUT2D eigenvalue weighted by atomic mass is 10.0. The molecular formula is C28H25N5O2. The molecule has 0 N–H and O–H groups in total. The fourth-order valence-corrected chi connectivity index (χ4v) is 4.84. The molecule has 1 fully saturated rings. The number of carbonyl (C=O) groups excluding carboxylic acids is 1. The Kier molecular flexibility index (Phi) is 5.17. The lowest BCUT2D eigenvalue weighted by Crippen LogP contribution is -2.49. The van der Waals surface area contributed by atoms with Gasteiger partial charge in [0, 0.05) is 42.8 Å². The van der Waals surface area contributed by atoms with E-state index in [0.29, 0.717) is 35.4 Å². The number of piperazine rings is 1. The molecule has 0 aliphatic carbocycles. The summed E-state index contributed by atoms with van der Waals surface area (Å²) in [5, 5.41) is 6.09. The molecule has 35 heavy (non-hydrogen) atoms. The standard InChI is InChI=1S/C28H25N5O2/c1-18-16-24(30-23-11-7-6-10-21(18)23)32-12-14-33(15-13-32)28(34)22-17-19(2)29-27-25(22)26(31-35-27)20-8-4-3-5-9-20/h3-11,16-17H,12-15H2,1-2H3. The van der Waals surface area contributed by atoms with Crippen molar-refractivity contribution in [3.05, 3.63) is 83.6 Å². The number of pyridine rings is 2. The third kappa shape index (κ3) is 3.79. The van der Waals surface area contributed by atoms with E-state index in [1.165, 1.54) is 10.9 Å². The van der Waals surface area contributed by atoms with Crippen molar-refractivity contribution in [1.29, 1.82) is 0 Å². The first-order valence-electron chi connectivity index (χ1n) is 11.8. The fourth-order valence-electron chi connectivity index (χ4n) is 4.84. The SMILES string of the molecule is Cc1cc(C(=O)N2CCN(c3cc(C)c4ccccc4n3)CC2)c2c(-c3ccccc3)noc2n1. The van der Waals surface area contributed by atoms with E-state index in [2.05, 4.69) is 34.1 Å². The van der Waals surface area contributed by atoms with Gasteiger partial charge < -0.3 is 14.3 Å². The molecule has 0 unspecified atom stereocenters. The molecule has 0 radical (unpaired) electrons. The van der Waals surface area contributed by atoms with Crippen LogP contribution < -0.4 is 4.90 Å². The average Bonchev–Trinajstić information content (AvgIpc) is 3.32. The minimum atomic E-state index is -0.0248. The first kappa shape index (κ1) is 21.3. The number of nitrogens with zero attached hydrogens (tertiary/aromatic N) is 5. The van der Waals surface area contributed by atoms with E-state index in [9.17, 15) is 4.79 Å². The summed E-state index contributed by atoms with van der Waals surface area (Å²) in [6, 6.07) is 21.9. The highest BCUT2D eigenvalue weighted by Crippen LogP contribution is 2.31. The monoisotopic (exact) mass is 463 g/mol. The molecule has 3 aromatic heterocycles. The van der Waals surface area contributed by atoms with E-state index in [-0.39, 0.29) is 5.91 Å².